The number of carboxylic acid groups (broad SMARTS) is 1. The molecule has 98 valence electrons. The molecule has 2 rings (SSSR count). The Bertz CT molecular complexity index is 605. The molecule has 0 aromatic heterocycles. The van der Waals surface area contributed by atoms with Crippen molar-refractivity contribution >= 4 is 5.97 Å². The molecule has 0 atom stereocenters. The molecule has 0 aliphatic rings. The van der Waals surface area contributed by atoms with Crippen LogP contribution in [0.4, 0.5) is 0 Å². The molecule has 4 heteroatoms. The molecule has 4 nitrogen and oxygen atoms in total. The van der Waals surface area contributed by atoms with Crippen molar-refractivity contribution in [2.24, 2.45) is 0 Å². The molecular weight excluding hydrogens is 244 g/mol. The highest BCUT2D eigenvalue weighted by Gasteiger charge is 2.05. The summed E-state index contributed by atoms with van der Waals surface area (Å²) in [6.07, 6.45) is -0.129. The fourth-order valence-electron chi connectivity index (χ4n) is 1.90. The van der Waals surface area contributed by atoms with Gasteiger partial charge >= 0.3 is 0 Å². The van der Waals surface area contributed by atoms with E-state index in [0.29, 0.717) is 11.3 Å². The molecule has 0 saturated carbocycles. The topological polar surface area (TPSA) is 69.6 Å². The number of carbonyl (C=O) groups is 1. The standard InChI is InChI=1S/C15H14O4/c1-19-14-6-5-12(9-13(14)16)11-4-2-3-10(7-11)8-15(17)18/h2-7,9,16H,8H2,1H3,(H,17,18)/p-1. The Labute approximate surface area is 110 Å². The lowest BCUT2D eigenvalue weighted by Crippen LogP contribution is -2.24. The van der Waals surface area contributed by atoms with Gasteiger partial charge in [-0.05, 0) is 28.8 Å². The number of benzene rings is 2. The molecule has 1 N–H and O–H groups in total. The lowest BCUT2D eigenvalue weighted by atomic mass is 10.0. The van der Waals surface area contributed by atoms with E-state index in [1.54, 1.807) is 36.4 Å². The number of phenolic OH excluding ortho intramolecular Hbond substituents is 1. The predicted octanol–water partition coefficient (Wildman–Crippen LogP) is 1.36. The van der Waals surface area contributed by atoms with Crippen LogP contribution >= 0.6 is 0 Å². The Morgan fingerprint density at radius 3 is 2.58 bits per heavy atom. The number of ether oxygens (including phenoxy) is 1. The average molecular weight is 257 g/mol. The Morgan fingerprint density at radius 2 is 1.95 bits per heavy atom. The van der Waals surface area contributed by atoms with Crippen molar-refractivity contribution in [3.8, 4) is 22.6 Å². The minimum Gasteiger partial charge on any atom is -0.550 e. The fourth-order valence-corrected chi connectivity index (χ4v) is 1.90. The summed E-state index contributed by atoms with van der Waals surface area (Å²) in [7, 11) is 1.48. The van der Waals surface area contributed by atoms with Gasteiger partial charge in [-0.1, -0.05) is 30.3 Å². The van der Waals surface area contributed by atoms with Crippen molar-refractivity contribution in [2.45, 2.75) is 6.42 Å². The van der Waals surface area contributed by atoms with Gasteiger partial charge in [0.05, 0.1) is 7.11 Å². The van der Waals surface area contributed by atoms with Gasteiger partial charge in [0.1, 0.15) is 0 Å². The average Bonchev–Trinajstić information content (AvgIpc) is 2.38. The number of hydrogen-bond acceptors (Lipinski definition) is 4. The van der Waals surface area contributed by atoms with Gasteiger partial charge in [0, 0.05) is 12.4 Å². The smallest absolute Gasteiger partial charge is 0.160 e. The van der Waals surface area contributed by atoms with E-state index in [9.17, 15) is 15.0 Å². The summed E-state index contributed by atoms with van der Waals surface area (Å²) in [5.41, 5.74) is 2.28. The molecule has 0 fully saturated rings. The van der Waals surface area contributed by atoms with Crippen LogP contribution in [0.3, 0.4) is 0 Å². The van der Waals surface area contributed by atoms with Gasteiger partial charge in [0.2, 0.25) is 0 Å². The molecule has 2 aromatic carbocycles. The maximum Gasteiger partial charge on any atom is 0.160 e. The number of aromatic hydroxyl groups is 1. The zero-order valence-corrected chi connectivity index (χ0v) is 10.4. The molecule has 19 heavy (non-hydrogen) atoms. The largest absolute Gasteiger partial charge is 0.550 e. The van der Waals surface area contributed by atoms with Crippen LogP contribution in [0.5, 0.6) is 11.5 Å². The summed E-state index contributed by atoms with van der Waals surface area (Å²) in [5, 5.41) is 20.3. The minimum absolute atomic E-state index is 0.0466. The number of phenols is 1. The highest BCUT2D eigenvalue weighted by atomic mass is 16.5. The maximum absolute atomic E-state index is 10.6. The summed E-state index contributed by atoms with van der Waals surface area (Å²) in [4.78, 5) is 10.6. The zero-order chi connectivity index (χ0) is 13.8. The number of methoxy groups -OCH3 is 1. The molecule has 0 radical (unpaired) electrons. The normalized spacial score (nSPS) is 10.2. The van der Waals surface area contributed by atoms with Gasteiger partial charge in [-0.25, -0.2) is 0 Å². The van der Waals surface area contributed by atoms with Gasteiger partial charge in [0.25, 0.3) is 0 Å². The van der Waals surface area contributed by atoms with Gasteiger partial charge < -0.3 is 19.7 Å². The van der Waals surface area contributed by atoms with Crippen LogP contribution in [0.1, 0.15) is 5.56 Å². The monoisotopic (exact) mass is 257 g/mol. The third-order valence-electron chi connectivity index (χ3n) is 2.79. The third kappa shape index (κ3) is 3.04. The van der Waals surface area contributed by atoms with Crippen LogP contribution in [0, 0.1) is 0 Å². The molecule has 0 amide bonds. The summed E-state index contributed by atoms with van der Waals surface area (Å²) in [6.45, 7) is 0. The molecule has 0 saturated heterocycles. The maximum atomic E-state index is 10.6. The second-order valence-electron chi connectivity index (χ2n) is 4.14. The van der Waals surface area contributed by atoms with Crippen LogP contribution in [0.15, 0.2) is 42.5 Å². The van der Waals surface area contributed by atoms with E-state index in [1.807, 2.05) is 6.07 Å². The van der Waals surface area contributed by atoms with E-state index in [1.165, 1.54) is 7.11 Å². The first-order valence-corrected chi connectivity index (χ1v) is 5.76. The van der Waals surface area contributed by atoms with Crippen molar-refractivity contribution in [2.75, 3.05) is 7.11 Å². The Morgan fingerprint density at radius 1 is 1.21 bits per heavy atom. The van der Waals surface area contributed by atoms with E-state index in [-0.39, 0.29) is 12.2 Å². The zero-order valence-electron chi connectivity index (χ0n) is 10.4. The van der Waals surface area contributed by atoms with Crippen LogP contribution in [-0.2, 0) is 11.2 Å². The first kappa shape index (κ1) is 13.0. The first-order valence-electron chi connectivity index (χ1n) is 5.76. The summed E-state index contributed by atoms with van der Waals surface area (Å²) >= 11 is 0. The predicted molar refractivity (Wildman–Crippen MR) is 68.8 cm³/mol. The molecule has 0 bridgehead atoms. The Kier molecular flexibility index (Phi) is 3.71. The second-order valence-corrected chi connectivity index (χ2v) is 4.14. The SMILES string of the molecule is COc1ccc(-c2cccc(CC(=O)[O-])c2)cc1O. The van der Waals surface area contributed by atoms with E-state index >= 15 is 0 Å². The minimum atomic E-state index is -1.12. The van der Waals surface area contributed by atoms with Crippen LogP contribution in [0.2, 0.25) is 0 Å². The summed E-state index contributed by atoms with van der Waals surface area (Å²) in [5.74, 6) is -0.672. The van der Waals surface area contributed by atoms with Crippen molar-refractivity contribution in [1.29, 1.82) is 0 Å². The van der Waals surface area contributed by atoms with Crippen LogP contribution < -0.4 is 9.84 Å². The fraction of sp³-hybridized carbons (Fsp3) is 0.133. The van der Waals surface area contributed by atoms with Crippen molar-refractivity contribution in [3.63, 3.8) is 0 Å². The van der Waals surface area contributed by atoms with Crippen molar-refractivity contribution in [3.05, 3.63) is 48.0 Å². The molecule has 0 aliphatic heterocycles. The number of rotatable bonds is 4. The van der Waals surface area contributed by atoms with Gasteiger partial charge in [0.15, 0.2) is 11.5 Å². The third-order valence-corrected chi connectivity index (χ3v) is 2.79. The van der Waals surface area contributed by atoms with Gasteiger partial charge in [-0.2, -0.15) is 0 Å². The van der Waals surface area contributed by atoms with Crippen molar-refractivity contribution < 1.29 is 19.7 Å². The highest BCUT2D eigenvalue weighted by Crippen LogP contribution is 2.31. The van der Waals surface area contributed by atoms with Gasteiger partial charge in [-0.15, -0.1) is 0 Å². The molecule has 0 aliphatic carbocycles. The van der Waals surface area contributed by atoms with E-state index in [4.69, 9.17) is 4.74 Å². The molecule has 2 aromatic rings. The number of aliphatic carboxylic acids is 1. The van der Waals surface area contributed by atoms with Crippen molar-refractivity contribution in [1.82, 2.24) is 0 Å². The summed E-state index contributed by atoms with van der Waals surface area (Å²) < 4.78 is 4.98. The quantitative estimate of drug-likeness (QED) is 0.897. The van der Waals surface area contributed by atoms with E-state index in [0.717, 1.165) is 11.1 Å². The number of carboxylic acids is 1. The Hall–Kier alpha value is -2.49. The number of hydrogen-bond donors (Lipinski definition) is 1. The Balaban J connectivity index is 2.36. The molecule has 0 unspecified atom stereocenters. The molecule has 0 spiro atoms. The van der Waals surface area contributed by atoms with E-state index in [2.05, 4.69) is 0 Å². The first-order chi connectivity index (χ1) is 9.10. The van der Waals surface area contributed by atoms with E-state index < -0.39 is 5.97 Å². The highest BCUT2D eigenvalue weighted by molar-refractivity contribution is 5.71. The number of carbonyl (C=O) groups excluding carboxylic acids is 1. The van der Waals surface area contributed by atoms with Crippen LogP contribution in [-0.4, -0.2) is 18.2 Å². The molecule has 0 heterocycles. The second kappa shape index (κ2) is 5.44. The molecular formula is C15H13O4-. The summed E-state index contributed by atoms with van der Waals surface area (Å²) in [6, 6.07) is 12.2. The lowest BCUT2D eigenvalue weighted by Gasteiger charge is -2.08. The van der Waals surface area contributed by atoms with Gasteiger partial charge in [-0.3, -0.25) is 0 Å². The van der Waals surface area contributed by atoms with Crippen LogP contribution in [0.25, 0.3) is 11.1 Å². The lowest BCUT2D eigenvalue weighted by molar-refractivity contribution is -0.304.